The lowest BCUT2D eigenvalue weighted by Gasteiger charge is -1.91. The van der Waals surface area contributed by atoms with Gasteiger partial charge in [0, 0.05) is 16.6 Å². The van der Waals surface area contributed by atoms with Crippen LogP contribution in [-0.4, -0.2) is 15.0 Å². The summed E-state index contributed by atoms with van der Waals surface area (Å²) in [7, 11) is 0. The number of nitrogens with zero attached hydrogens (tertiary/aromatic N) is 1. The highest BCUT2D eigenvalue weighted by atomic mass is 35.5. The number of aromatic amines is 2. The quantitative estimate of drug-likeness (QED) is 0.516. The molecular formula is C10H9ClN4O. The lowest BCUT2D eigenvalue weighted by molar-refractivity contribution is 1.16. The second-order valence-electron chi connectivity index (χ2n) is 3.39. The summed E-state index contributed by atoms with van der Waals surface area (Å²) in [5.74, 6) is 0. The van der Waals surface area contributed by atoms with Crippen molar-refractivity contribution in [2.24, 2.45) is 0 Å². The van der Waals surface area contributed by atoms with Crippen molar-refractivity contribution in [1.29, 1.82) is 0 Å². The maximum Gasteiger partial charge on any atom is 0.260 e. The first kappa shape index (κ1) is 10.5. The molecule has 1 aromatic carbocycles. The van der Waals surface area contributed by atoms with Gasteiger partial charge in [0.2, 0.25) is 0 Å². The molecular weight excluding hydrogens is 228 g/mol. The minimum Gasteiger partial charge on any atom is -0.399 e. The zero-order valence-corrected chi connectivity index (χ0v) is 8.97. The van der Waals surface area contributed by atoms with Gasteiger partial charge in [-0.3, -0.25) is 4.79 Å². The van der Waals surface area contributed by atoms with E-state index in [0.29, 0.717) is 16.7 Å². The number of hydrogen-bond donors (Lipinski definition) is 3. The van der Waals surface area contributed by atoms with Crippen molar-refractivity contribution in [2.45, 2.75) is 0 Å². The fraction of sp³-hybridized carbons (Fsp3) is 0. The number of aromatic nitrogens is 3. The first-order valence-corrected chi connectivity index (χ1v) is 4.50. The molecule has 2 heterocycles. The molecule has 0 aliphatic rings. The molecule has 0 unspecified atom stereocenters. The molecule has 0 amide bonds. The molecule has 6 heteroatoms. The van der Waals surface area contributed by atoms with E-state index < -0.39 is 0 Å². The molecule has 82 valence electrons. The van der Waals surface area contributed by atoms with Crippen LogP contribution in [0.1, 0.15) is 0 Å². The average molecular weight is 237 g/mol. The minimum atomic E-state index is -0.143. The van der Waals surface area contributed by atoms with E-state index in [1.165, 1.54) is 6.33 Å². The van der Waals surface area contributed by atoms with Gasteiger partial charge in [0.25, 0.3) is 5.56 Å². The Morgan fingerprint density at radius 1 is 1.31 bits per heavy atom. The van der Waals surface area contributed by atoms with E-state index in [2.05, 4.69) is 15.0 Å². The van der Waals surface area contributed by atoms with Crippen LogP contribution >= 0.6 is 12.4 Å². The Balaban J connectivity index is 0.000000963. The van der Waals surface area contributed by atoms with E-state index in [4.69, 9.17) is 5.73 Å². The summed E-state index contributed by atoms with van der Waals surface area (Å²) in [4.78, 5) is 21.2. The highest BCUT2D eigenvalue weighted by molar-refractivity contribution is 6.05. The van der Waals surface area contributed by atoms with E-state index in [1.54, 1.807) is 12.1 Å². The van der Waals surface area contributed by atoms with Crippen LogP contribution < -0.4 is 11.3 Å². The number of benzene rings is 1. The van der Waals surface area contributed by atoms with Crippen LogP contribution in [0.3, 0.4) is 0 Å². The molecule has 0 atom stereocenters. The van der Waals surface area contributed by atoms with Crippen LogP contribution in [0.5, 0.6) is 0 Å². The molecule has 0 radical (unpaired) electrons. The topological polar surface area (TPSA) is 87.6 Å². The smallest absolute Gasteiger partial charge is 0.260 e. The van der Waals surface area contributed by atoms with Crippen LogP contribution in [0.4, 0.5) is 5.69 Å². The molecule has 3 aromatic rings. The number of fused-ring (bicyclic) bond motifs is 3. The molecule has 0 fully saturated rings. The SMILES string of the molecule is Cl.Nc1ccc2c(c1)[nH]c1nc[nH]c(=O)c12. The predicted octanol–water partition coefficient (Wildman–Crippen LogP) is 1.41. The third kappa shape index (κ3) is 1.33. The monoisotopic (exact) mass is 236 g/mol. The summed E-state index contributed by atoms with van der Waals surface area (Å²) in [6.07, 6.45) is 1.38. The summed E-state index contributed by atoms with van der Waals surface area (Å²) < 4.78 is 0. The van der Waals surface area contributed by atoms with E-state index in [1.807, 2.05) is 6.07 Å². The summed E-state index contributed by atoms with van der Waals surface area (Å²) >= 11 is 0. The van der Waals surface area contributed by atoms with Crippen LogP contribution in [-0.2, 0) is 0 Å². The average Bonchev–Trinajstić information content (AvgIpc) is 2.56. The predicted molar refractivity (Wildman–Crippen MR) is 65.9 cm³/mol. The Labute approximate surface area is 96.1 Å². The number of nitrogens with two attached hydrogens (primary N) is 1. The Kier molecular flexibility index (Phi) is 2.32. The Morgan fingerprint density at radius 2 is 2.12 bits per heavy atom. The summed E-state index contributed by atoms with van der Waals surface area (Å²) in [5.41, 5.74) is 7.58. The van der Waals surface area contributed by atoms with Crippen molar-refractivity contribution in [3.05, 3.63) is 34.9 Å². The number of anilines is 1. The van der Waals surface area contributed by atoms with Crippen LogP contribution in [0.2, 0.25) is 0 Å². The molecule has 16 heavy (non-hydrogen) atoms. The van der Waals surface area contributed by atoms with E-state index >= 15 is 0 Å². The maximum absolute atomic E-state index is 11.6. The highest BCUT2D eigenvalue weighted by Crippen LogP contribution is 2.22. The Morgan fingerprint density at radius 3 is 2.94 bits per heavy atom. The molecule has 5 nitrogen and oxygen atoms in total. The van der Waals surface area contributed by atoms with Crippen molar-refractivity contribution in [3.63, 3.8) is 0 Å². The second kappa shape index (κ2) is 3.53. The number of hydrogen-bond acceptors (Lipinski definition) is 3. The molecule has 0 aliphatic carbocycles. The van der Waals surface area contributed by atoms with Crippen molar-refractivity contribution in [3.8, 4) is 0 Å². The fourth-order valence-corrected chi connectivity index (χ4v) is 1.76. The molecule has 2 aromatic heterocycles. The molecule has 0 saturated heterocycles. The molecule has 0 aliphatic heterocycles. The van der Waals surface area contributed by atoms with Gasteiger partial charge in [0.15, 0.2) is 0 Å². The summed E-state index contributed by atoms with van der Waals surface area (Å²) in [5, 5.41) is 1.42. The normalized spacial score (nSPS) is 10.5. The zero-order chi connectivity index (χ0) is 10.4. The van der Waals surface area contributed by atoms with Crippen molar-refractivity contribution in [1.82, 2.24) is 15.0 Å². The fourth-order valence-electron chi connectivity index (χ4n) is 1.76. The largest absolute Gasteiger partial charge is 0.399 e. The van der Waals surface area contributed by atoms with Gasteiger partial charge >= 0.3 is 0 Å². The van der Waals surface area contributed by atoms with Crippen molar-refractivity contribution in [2.75, 3.05) is 5.73 Å². The van der Waals surface area contributed by atoms with Crippen LogP contribution in [0, 0.1) is 0 Å². The molecule has 0 bridgehead atoms. The first-order valence-electron chi connectivity index (χ1n) is 4.50. The number of H-pyrrole nitrogens is 2. The van der Waals surface area contributed by atoms with Gasteiger partial charge in [0.1, 0.15) is 5.65 Å². The van der Waals surface area contributed by atoms with Gasteiger partial charge < -0.3 is 15.7 Å². The van der Waals surface area contributed by atoms with E-state index in [0.717, 1.165) is 10.9 Å². The third-order valence-corrected chi connectivity index (χ3v) is 2.42. The van der Waals surface area contributed by atoms with Gasteiger partial charge in [-0.25, -0.2) is 4.98 Å². The number of rotatable bonds is 0. The summed E-state index contributed by atoms with van der Waals surface area (Å²) in [6, 6.07) is 5.37. The molecule has 0 spiro atoms. The van der Waals surface area contributed by atoms with Gasteiger partial charge in [-0.15, -0.1) is 12.4 Å². The van der Waals surface area contributed by atoms with Gasteiger partial charge in [-0.1, -0.05) is 0 Å². The molecule has 0 saturated carbocycles. The van der Waals surface area contributed by atoms with Gasteiger partial charge in [-0.05, 0) is 18.2 Å². The van der Waals surface area contributed by atoms with Crippen molar-refractivity contribution < 1.29 is 0 Å². The van der Waals surface area contributed by atoms with Crippen LogP contribution in [0.15, 0.2) is 29.3 Å². The van der Waals surface area contributed by atoms with Crippen LogP contribution in [0.25, 0.3) is 21.9 Å². The summed E-state index contributed by atoms with van der Waals surface area (Å²) in [6.45, 7) is 0. The van der Waals surface area contributed by atoms with Gasteiger partial charge in [-0.2, -0.15) is 0 Å². The second-order valence-corrected chi connectivity index (χ2v) is 3.39. The number of nitrogens with one attached hydrogen (secondary N) is 2. The lowest BCUT2D eigenvalue weighted by atomic mass is 10.2. The van der Waals surface area contributed by atoms with E-state index in [-0.39, 0.29) is 18.0 Å². The minimum absolute atomic E-state index is 0. The third-order valence-electron chi connectivity index (χ3n) is 2.42. The molecule has 4 N–H and O–H groups in total. The van der Waals surface area contributed by atoms with E-state index in [9.17, 15) is 4.79 Å². The number of halogens is 1. The maximum atomic E-state index is 11.6. The number of nitrogen functional groups attached to an aromatic ring is 1. The Bertz CT molecular complexity index is 715. The van der Waals surface area contributed by atoms with Crippen molar-refractivity contribution >= 4 is 40.0 Å². The van der Waals surface area contributed by atoms with Gasteiger partial charge in [0.05, 0.1) is 11.7 Å². The standard InChI is InChI=1S/C10H8N4O.ClH/c11-5-1-2-6-7(3-5)14-9-8(6)10(15)13-4-12-9;/h1-4H,11H2,(H2,12,13,14,15);1H. The molecule has 3 rings (SSSR count). The lowest BCUT2D eigenvalue weighted by Crippen LogP contribution is -2.04. The Hall–Kier alpha value is -2.01. The first-order chi connectivity index (χ1) is 7.25. The zero-order valence-electron chi connectivity index (χ0n) is 8.15. The highest BCUT2D eigenvalue weighted by Gasteiger charge is 2.07.